The first-order chi connectivity index (χ1) is 54.8. The molecule has 5 heterocycles. The second-order valence-electron chi connectivity index (χ2n) is 35.8. The lowest BCUT2D eigenvalue weighted by Gasteiger charge is -2.22. The van der Waals surface area contributed by atoms with Gasteiger partial charge in [-0.3, -0.25) is 0 Å². The normalized spacial score (nSPS) is 26.0. The summed E-state index contributed by atoms with van der Waals surface area (Å²) < 4.78 is 18.9. The van der Waals surface area contributed by atoms with Crippen molar-refractivity contribution in [3.8, 4) is 28.7 Å². The molecule has 5 nitrogen and oxygen atoms in total. The van der Waals surface area contributed by atoms with Crippen molar-refractivity contribution in [2.45, 2.75) is 306 Å². The van der Waals surface area contributed by atoms with Gasteiger partial charge in [0, 0.05) is 111 Å². The molecule has 112 heavy (non-hydrogen) atoms. The Hall–Kier alpha value is -4.71. The van der Waals surface area contributed by atoms with Gasteiger partial charge in [0.1, 0.15) is 84.3 Å². The first-order valence-corrected chi connectivity index (χ1v) is 52.7. The van der Waals surface area contributed by atoms with E-state index < -0.39 is 0 Å². The molecule has 8 atom stereocenters. The Morgan fingerprint density at radius 2 is 0.723 bits per heavy atom. The molecule has 10 fully saturated rings. The first kappa shape index (κ1) is 83.8. The van der Waals surface area contributed by atoms with Crippen LogP contribution in [0.5, 0.6) is 28.7 Å². The van der Waals surface area contributed by atoms with Gasteiger partial charge in [-0.15, -0.1) is 0 Å². The molecule has 0 aromatic heterocycles. The molecule has 5 saturated carbocycles. The van der Waals surface area contributed by atoms with Crippen LogP contribution >= 0.6 is 0 Å². The lowest BCUT2D eigenvalue weighted by atomic mass is 9.82. The van der Waals surface area contributed by atoms with Crippen LogP contribution in [0.3, 0.4) is 0 Å². The molecular formula is C102H141O5S5+5. The maximum atomic E-state index is 10.6. The Kier molecular flexibility index (Phi) is 30.8. The van der Waals surface area contributed by atoms with Crippen LogP contribution in [0.4, 0.5) is 0 Å². The van der Waals surface area contributed by atoms with E-state index in [4.69, 9.17) is 14.2 Å². The van der Waals surface area contributed by atoms with Gasteiger partial charge in [0.2, 0.25) is 0 Å². The highest BCUT2D eigenvalue weighted by Crippen LogP contribution is 2.58. The van der Waals surface area contributed by atoms with Crippen molar-refractivity contribution in [1.82, 2.24) is 0 Å². The highest BCUT2D eigenvalue weighted by molar-refractivity contribution is 7.99. The largest absolute Gasteiger partial charge is 0.507 e. The van der Waals surface area contributed by atoms with Gasteiger partial charge in [0.05, 0.1) is 19.8 Å². The predicted octanol–water partition coefficient (Wildman–Crippen LogP) is 26.8. The minimum atomic E-state index is 0.369. The van der Waals surface area contributed by atoms with Crippen LogP contribution in [-0.2, 0) is 67.3 Å². The molecule has 5 aliphatic carbocycles. The summed E-state index contributed by atoms with van der Waals surface area (Å²) in [6.07, 6.45) is 43.0. The van der Waals surface area contributed by atoms with Crippen molar-refractivity contribution in [1.29, 1.82) is 0 Å². The summed E-state index contributed by atoms with van der Waals surface area (Å²) in [5, 5.41) is 32.0. The number of benzene rings is 8. The molecule has 8 unspecified atom stereocenters. The topological polar surface area (TPSA) is 68.2 Å². The fourth-order valence-electron chi connectivity index (χ4n) is 21.3. The predicted molar refractivity (Wildman–Crippen MR) is 491 cm³/mol. The van der Waals surface area contributed by atoms with Crippen LogP contribution in [0.25, 0.3) is 32.3 Å². The number of aryl methyl sites for hydroxylation is 4. The van der Waals surface area contributed by atoms with Crippen LogP contribution < -0.4 is 14.2 Å². The van der Waals surface area contributed by atoms with E-state index in [1.54, 1.807) is 21.1 Å². The molecule has 8 aromatic rings. The van der Waals surface area contributed by atoms with Crippen LogP contribution in [0, 0.1) is 55.3 Å². The van der Waals surface area contributed by atoms with Crippen molar-refractivity contribution in [2.75, 3.05) is 54.3 Å². The number of ether oxygens (including phenoxy) is 3. The van der Waals surface area contributed by atoms with Gasteiger partial charge in [0.15, 0.2) is 24.5 Å². The van der Waals surface area contributed by atoms with Crippen LogP contribution in [0.1, 0.15) is 256 Å². The molecule has 18 rings (SSSR count). The third-order valence-corrected chi connectivity index (χ3v) is 41.4. The quantitative estimate of drug-likeness (QED) is 0.0702. The lowest BCUT2D eigenvalue weighted by molar-refractivity contribution is 0.210. The standard InChI is InChI=1S/C26H33OS.2C21H27OS.C20H32OS.C14H20OS/c1-2-6-18(7-3-1)15-27-25-12-13-26(22-9-5-4-8-21(22)25)28-16-23-19-10-11-20(14-19)24(23)17-28;1-2-8-17(7-1)13-14-22-20-11-12-21(23-15-5-6-16-23)19-10-4-3-9-18(19)20;1-2-8-17(9-3-1)16-22-20-12-13-21(23-14-6-7-15-23)19-11-5-4-10-18(19)20;1-5-7-9-17-13-19(22-15(3)11-12-16(22)4)14-18(20(17)21)10-8-6-2;1-9-7-13(8-10(2)14(9)15)16-11(3)5-6-12(16)4/h4-5,8-9,12-13,18-20,23-24H,1-3,6-7,10-11,14-17H2;3-4,9-12,17H,1-2,5-8,13-16H2;4-5,10-13,17H,1-3,6-9,14-16H2;13-16H,5-12H2,1-4H3;7-8,11-12H,5-6H2,1-4H3/q3*+1;;/p+2. The molecule has 8 aromatic carbocycles. The number of rotatable bonds is 21. The van der Waals surface area contributed by atoms with E-state index in [2.05, 4.69) is 175 Å². The van der Waals surface area contributed by atoms with E-state index >= 15 is 0 Å². The van der Waals surface area contributed by atoms with Gasteiger partial charge in [-0.2, -0.15) is 0 Å². The number of hydrogen-bond acceptors (Lipinski definition) is 5. The van der Waals surface area contributed by atoms with E-state index in [0.717, 1.165) is 123 Å². The fraction of sp³-hybridized carbons (Fsp3) is 0.588. The Labute approximate surface area is 692 Å². The van der Waals surface area contributed by atoms with Crippen molar-refractivity contribution >= 4 is 86.8 Å². The monoisotopic (exact) mass is 1610 g/mol. The molecule has 10 heteroatoms. The summed E-state index contributed by atoms with van der Waals surface area (Å²) in [4.78, 5) is 7.75. The minimum absolute atomic E-state index is 0.369. The van der Waals surface area contributed by atoms with Crippen molar-refractivity contribution in [2.24, 2.45) is 41.4 Å². The van der Waals surface area contributed by atoms with Crippen LogP contribution in [-0.4, -0.2) is 85.6 Å². The Bertz CT molecular complexity index is 4200. The van der Waals surface area contributed by atoms with Gasteiger partial charge in [-0.05, 0) is 289 Å². The van der Waals surface area contributed by atoms with E-state index in [9.17, 15) is 10.2 Å². The first-order valence-electron chi connectivity index (χ1n) is 45.3. The molecular weight excluding hydrogens is 1470 g/mol. The Morgan fingerprint density at radius 1 is 0.366 bits per heavy atom. The summed E-state index contributed by atoms with van der Waals surface area (Å²) in [5.41, 5.74) is 4.44. The Morgan fingerprint density at radius 3 is 1.12 bits per heavy atom. The number of unbranched alkanes of at least 4 members (excludes halogenated alkanes) is 2. The maximum absolute atomic E-state index is 10.6. The number of hydrogen-bond donors (Lipinski definition) is 2. The van der Waals surface area contributed by atoms with Crippen molar-refractivity contribution < 1.29 is 24.4 Å². The number of fused-ring (bicyclic) bond motifs is 8. The molecule has 5 aliphatic heterocycles. The van der Waals surface area contributed by atoms with Crippen LogP contribution in [0.15, 0.2) is 158 Å². The number of aromatic hydroxyl groups is 2. The molecule has 604 valence electrons. The SMILES string of the molecule is CCCCc1cc([S+]2C(C)CCC2C)cc(CCCC)c1O.Cc1cc([S+]2C(C)CCC2C)cc(C)c1O.c1ccc2c([S+]3CC4C5CCC(C5)C4C3)ccc(OCC3CCCCC3)c2c1.c1ccc2c([S+]3CCCC3)ccc(OCC3CCCCC3)c2c1.c1ccc2c([S+]3CCCC3)ccc(OCCC3CCCC3)c2c1. The minimum Gasteiger partial charge on any atom is -0.507 e. The highest BCUT2D eigenvalue weighted by atomic mass is 32.2. The zero-order valence-corrected chi connectivity index (χ0v) is 74.3. The molecule has 0 spiro atoms. The lowest BCUT2D eigenvalue weighted by Crippen LogP contribution is -2.20. The van der Waals surface area contributed by atoms with Gasteiger partial charge < -0.3 is 24.4 Å². The summed E-state index contributed by atoms with van der Waals surface area (Å²) >= 11 is 0. The average molecular weight is 1610 g/mol. The van der Waals surface area contributed by atoms with Crippen molar-refractivity contribution in [3.63, 3.8) is 0 Å². The molecule has 2 N–H and O–H groups in total. The smallest absolute Gasteiger partial charge is 0.163 e. The van der Waals surface area contributed by atoms with E-state index in [1.165, 1.54) is 274 Å². The van der Waals surface area contributed by atoms with E-state index in [1.807, 2.05) is 13.8 Å². The molecule has 2 bridgehead atoms. The van der Waals surface area contributed by atoms with Gasteiger partial charge in [-0.25, -0.2) is 0 Å². The number of phenols is 2. The third-order valence-electron chi connectivity index (χ3n) is 27.8. The van der Waals surface area contributed by atoms with Crippen molar-refractivity contribution in [3.05, 3.63) is 156 Å². The van der Waals surface area contributed by atoms with Gasteiger partial charge in [-0.1, -0.05) is 145 Å². The van der Waals surface area contributed by atoms with Gasteiger partial charge >= 0.3 is 0 Å². The van der Waals surface area contributed by atoms with Crippen LogP contribution in [0.2, 0.25) is 0 Å². The summed E-state index contributed by atoms with van der Waals surface area (Å²) in [7, 11) is 2.13. The Balaban J connectivity index is 0.000000117. The summed E-state index contributed by atoms with van der Waals surface area (Å²) in [6, 6.07) is 49.7. The second kappa shape index (κ2) is 41.1. The summed E-state index contributed by atoms with van der Waals surface area (Å²) in [6.45, 7) is 20.7. The summed E-state index contributed by atoms with van der Waals surface area (Å²) in [5.74, 6) is 19.5. The van der Waals surface area contributed by atoms with Gasteiger partial charge in [0.25, 0.3) is 0 Å². The second-order valence-corrected chi connectivity index (χ2v) is 48.0. The third kappa shape index (κ3) is 20.7. The zero-order chi connectivity index (χ0) is 77.5. The van der Waals surface area contributed by atoms with E-state index in [0.29, 0.717) is 66.0 Å². The highest BCUT2D eigenvalue weighted by Gasteiger charge is 2.57. The number of phenolic OH excluding ortho intramolecular Hbond substituents is 2. The fourth-order valence-corrected chi connectivity index (χ4v) is 35.7. The van der Waals surface area contributed by atoms with E-state index in [-0.39, 0.29) is 0 Å². The zero-order valence-electron chi connectivity index (χ0n) is 70.2. The molecule has 5 saturated heterocycles. The molecule has 10 aliphatic rings. The average Bonchev–Trinajstić information content (AvgIpc) is 1.47. The maximum Gasteiger partial charge on any atom is 0.163 e. The molecule has 0 radical (unpaired) electrons. The molecule has 0 amide bonds.